The van der Waals surface area contributed by atoms with Gasteiger partial charge in [-0.3, -0.25) is 9.78 Å². The van der Waals surface area contributed by atoms with E-state index >= 15 is 0 Å². The number of tetrazole rings is 1. The molecule has 1 amide bonds. The number of carbonyl (C=O) groups is 1. The number of aromatic nitrogens is 6. The molecular weight excluding hydrogens is 411 g/mol. The average molecular weight is 434 g/mol. The lowest BCUT2D eigenvalue weighted by atomic mass is 9.94. The van der Waals surface area contributed by atoms with Crippen LogP contribution < -0.4 is 10.2 Å². The van der Waals surface area contributed by atoms with E-state index in [4.69, 9.17) is 0 Å². The van der Waals surface area contributed by atoms with Crippen molar-refractivity contribution < 1.29 is 9.18 Å². The van der Waals surface area contributed by atoms with Crippen molar-refractivity contribution >= 4 is 23.2 Å². The van der Waals surface area contributed by atoms with Crippen molar-refractivity contribution in [2.24, 2.45) is 13.0 Å². The van der Waals surface area contributed by atoms with E-state index in [1.807, 2.05) is 0 Å². The van der Waals surface area contributed by atoms with Gasteiger partial charge in [0.05, 0.1) is 30.7 Å². The molecule has 3 heterocycles. The Morgan fingerprint density at radius 2 is 2.06 bits per heavy atom. The van der Waals surface area contributed by atoms with E-state index in [0.29, 0.717) is 24.0 Å². The molecule has 0 unspecified atom stereocenters. The molecule has 3 aromatic rings. The standard InChI is InChI=1S/C22H23FN8O/c1-13-4-3-5-17(23)20(13)21(32)26-19-11-24-18(10-25-19)16-12-31(22-27-29-30(2)28-22)9-8-15(16)14-6-7-14/h3-5,10-11,14H,6-9,12H2,1-2H3,(H,25,26,32). The number of aryl methyl sites for hydroxylation is 2. The van der Waals surface area contributed by atoms with Crippen molar-refractivity contribution in [1.29, 1.82) is 0 Å². The molecule has 0 atom stereocenters. The molecule has 1 aromatic carbocycles. The smallest absolute Gasteiger partial charge is 0.266 e. The molecule has 1 fully saturated rings. The number of anilines is 2. The van der Waals surface area contributed by atoms with E-state index in [1.165, 1.54) is 35.5 Å². The number of amides is 1. The topological polar surface area (TPSA) is 102 Å². The second-order valence-electron chi connectivity index (χ2n) is 8.20. The van der Waals surface area contributed by atoms with Gasteiger partial charge in [0, 0.05) is 13.1 Å². The first-order valence-corrected chi connectivity index (χ1v) is 10.6. The molecule has 2 aliphatic rings. The first-order valence-electron chi connectivity index (χ1n) is 10.6. The maximum absolute atomic E-state index is 14.1. The van der Waals surface area contributed by atoms with E-state index in [1.54, 1.807) is 32.3 Å². The van der Waals surface area contributed by atoms with Crippen LogP contribution in [0, 0.1) is 18.7 Å². The van der Waals surface area contributed by atoms with Crippen LogP contribution in [0.4, 0.5) is 16.2 Å². The van der Waals surface area contributed by atoms with Gasteiger partial charge in [0.2, 0.25) is 0 Å². The Bertz CT molecular complexity index is 1180. The Labute approximate surface area is 184 Å². The predicted molar refractivity (Wildman–Crippen MR) is 116 cm³/mol. The van der Waals surface area contributed by atoms with Gasteiger partial charge in [0.15, 0.2) is 5.82 Å². The van der Waals surface area contributed by atoms with Crippen LogP contribution in [0.5, 0.6) is 0 Å². The monoisotopic (exact) mass is 434 g/mol. The molecule has 9 nitrogen and oxygen atoms in total. The summed E-state index contributed by atoms with van der Waals surface area (Å²) in [6.45, 7) is 3.16. The molecule has 10 heteroatoms. The highest BCUT2D eigenvalue weighted by atomic mass is 19.1. The van der Waals surface area contributed by atoms with Crippen molar-refractivity contribution in [2.45, 2.75) is 26.2 Å². The lowest BCUT2D eigenvalue weighted by molar-refractivity contribution is 0.102. The molecule has 0 bridgehead atoms. The third kappa shape index (κ3) is 3.95. The SMILES string of the molecule is Cc1cccc(F)c1C(=O)Nc1cnc(C2=C(C3CC3)CCN(c3nnn(C)n3)C2)cn1. The normalized spacial score (nSPS) is 16.4. The van der Waals surface area contributed by atoms with Gasteiger partial charge >= 0.3 is 0 Å². The number of hydrogen-bond acceptors (Lipinski definition) is 7. The summed E-state index contributed by atoms with van der Waals surface area (Å²) in [5.41, 5.74) is 3.88. The van der Waals surface area contributed by atoms with Gasteiger partial charge in [-0.15, -0.1) is 5.10 Å². The van der Waals surface area contributed by atoms with Gasteiger partial charge in [0.25, 0.3) is 11.9 Å². The first-order chi connectivity index (χ1) is 15.5. The molecule has 0 saturated heterocycles. The molecule has 0 radical (unpaired) electrons. The number of hydrogen-bond donors (Lipinski definition) is 1. The van der Waals surface area contributed by atoms with E-state index in [2.05, 4.69) is 35.6 Å². The average Bonchev–Trinajstić information content (AvgIpc) is 3.54. The lowest BCUT2D eigenvalue weighted by Crippen LogP contribution is -2.33. The van der Waals surface area contributed by atoms with E-state index < -0.39 is 11.7 Å². The third-order valence-corrected chi connectivity index (χ3v) is 5.89. The summed E-state index contributed by atoms with van der Waals surface area (Å²) in [6.07, 6.45) is 6.50. The molecule has 1 aliphatic carbocycles. The summed E-state index contributed by atoms with van der Waals surface area (Å²) in [7, 11) is 1.74. The predicted octanol–water partition coefficient (Wildman–Crippen LogP) is 2.77. The molecule has 2 aromatic heterocycles. The highest BCUT2D eigenvalue weighted by Crippen LogP contribution is 2.43. The Balaban J connectivity index is 1.37. The summed E-state index contributed by atoms with van der Waals surface area (Å²) in [4.78, 5) is 25.0. The van der Waals surface area contributed by atoms with Gasteiger partial charge in [-0.1, -0.05) is 22.8 Å². The van der Waals surface area contributed by atoms with Crippen LogP contribution in [0.15, 0.2) is 36.2 Å². The van der Waals surface area contributed by atoms with Gasteiger partial charge in [-0.2, -0.15) is 4.80 Å². The van der Waals surface area contributed by atoms with Crippen LogP contribution in [0.2, 0.25) is 0 Å². The summed E-state index contributed by atoms with van der Waals surface area (Å²) in [5, 5.41) is 15.0. The fourth-order valence-electron chi connectivity index (χ4n) is 4.12. The summed E-state index contributed by atoms with van der Waals surface area (Å²) < 4.78 is 14.1. The maximum atomic E-state index is 14.1. The third-order valence-electron chi connectivity index (χ3n) is 5.89. The van der Waals surface area contributed by atoms with Crippen LogP contribution in [-0.2, 0) is 7.05 Å². The summed E-state index contributed by atoms with van der Waals surface area (Å²) >= 11 is 0. The van der Waals surface area contributed by atoms with Crippen molar-refractivity contribution in [3.05, 3.63) is 58.8 Å². The van der Waals surface area contributed by atoms with Crippen molar-refractivity contribution in [3.8, 4) is 0 Å². The van der Waals surface area contributed by atoms with Gasteiger partial charge in [-0.05, 0) is 54.5 Å². The minimum atomic E-state index is -0.564. The first kappa shape index (κ1) is 20.2. The Hall–Kier alpha value is -3.69. The highest BCUT2D eigenvalue weighted by molar-refractivity contribution is 6.04. The fraction of sp³-hybridized carbons (Fsp3) is 0.364. The quantitative estimate of drug-likeness (QED) is 0.659. The minimum Gasteiger partial charge on any atom is -0.333 e. The van der Waals surface area contributed by atoms with E-state index in [-0.39, 0.29) is 11.4 Å². The zero-order chi connectivity index (χ0) is 22.2. The summed E-state index contributed by atoms with van der Waals surface area (Å²) in [5.74, 6) is 0.367. The maximum Gasteiger partial charge on any atom is 0.266 e. The van der Waals surface area contributed by atoms with Crippen LogP contribution in [0.25, 0.3) is 5.57 Å². The largest absolute Gasteiger partial charge is 0.333 e. The molecule has 0 spiro atoms. The molecule has 164 valence electrons. The molecule has 1 N–H and O–H groups in total. The second-order valence-corrected chi connectivity index (χ2v) is 8.20. The number of nitrogens with zero attached hydrogens (tertiary/aromatic N) is 7. The van der Waals surface area contributed by atoms with Crippen LogP contribution >= 0.6 is 0 Å². The van der Waals surface area contributed by atoms with Gasteiger partial charge in [0.1, 0.15) is 5.82 Å². The highest BCUT2D eigenvalue weighted by Gasteiger charge is 2.33. The van der Waals surface area contributed by atoms with Gasteiger partial charge < -0.3 is 10.2 Å². The number of nitrogens with one attached hydrogen (secondary N) is 1. The summed E-state index contributed by atoms with van der Waals surface area (Å²) in [6, 6.07) is 4.54. The zero-order valence-electron chi connectivity index (χ0n) is 17.9. The molecule has 5 rings (SSSR count). The lowest BCUT2D eigenvalue weighted by Gasteiger charge is -2.29. The Morgan fingerprint density at radius 1 is 1.22 bits per heavy atom. The number of carbonyl (C=O) groups excluding carboxylic acids is 1. The van der Waals surface area contributed by atoms with Crippen LogP contribution in [0.3, 0.4) is 0 Å². The van der Waals surface area contributed by atoms with Crippen molar-refractivity contribution in [2.75, 3.05) is 23.3 Å². The second kappa shape index (κ2) is 8.10. The fourth-order valence-corrected chi connectivity index (χ4v) is 4.12. The van der Waals surface area contributed by atoms with Crippen molar-refractivity contribution in [3.63, 3.8) is 0 Å². The molecule has 1 saturated carbocycles. The molecular formula is C22H23FN8O. The van der Waals surface area contributed by atoms with E-state index in [0.717, 1.165) is 24.2 Å². The molecule has 32 heavy (non-hydrogen) atoms. The van der Waals surface area contributed by atoms with Crippen molar-refractivity contribution in [1.82, 2.24) is 30.2 Å². The Kier molecular flexibility index (Phi) is 5.12. The van der Waals surface area contributed by atoms with Crippen LogP contribution in [0.1, 0.15) is 40.9 Å². The zero-order valence-corrected chi connectivity index (χ0v) is 17.9. The number of halogens is 1. The van der Waals surface area contributed by atoms with E-state index in [9.17, 15) is 9.18 Å². The minimum absolute atomic E-state index is 0.0106. The van der Waals surface area contributed by atoms with Gasteiger partial charge in [-0.25, -0.2) is 9.37 Å². The van der Waals surface area contributed by atoms with Crippen LogP contribution in [-0.4, -0.2) is 49.2 Å². The molecule has 1 aliphatic heterocycles. The number of benzene rings is 1. The number of rotatable bonds is 5. The Morgan fingerprint density at radius 3 is 2.72 bits per heavy atom.